The maximum Gasteiger partial charge on any atom is 0.309 e. The lowest BCUT2D eigenvalue weighted by molar-refractivity contribution is 0.256. The Morgan fingerprint density at radius 2 is 1.30 bits per heavy atom. The van der Waals surface area contributed by atoms with Gasteiger partial charge in [0.25, 0.3) is 0 Å². The zero-order valence-electron chi connectivity index (χ0n) is 6.89. The Labute approximate surface area is 62.8 Å². The monoisotopic (exact) mass is 146 g/mol. The second kappa shape index (κ2) is 11.1. The Hall–Kier alpha value is -0.730. The van der Waals surface area contributed by atoms with Crippen LogP contribution in [-0.4, -0.2) is 6.03 Å². The lowest BCUT2D eigenvalue weighted by Crippen LogP contribution is -2.18. The van der Waals surface area contributed by atoms with Gasteiger partial charge in [-0.25, -0.2) is 4.79 Å². The number of primary amides is 2. The van der Waals surface area contributed by atoms with Gasteiger partial charge in [-0.05, 0) is 0 Å². The Bertz CT molecular complexity index is 66.0. The third-order valence-corrected chi connectivity index (χ3v) is 0.957. The molecule has 3 nitrogen and oxygen atoms in total. The second-order valence-corrected chi connectivity index (χ2v) is 2.11. The average molecular weight is 146 g/mol. The molecule has 0 fully saturated rings. The van der Waals surface area contributed by atoms with Crippen LogP contribution in [0.2, 0.25) is 0 Å². The summed E-state index contributed by atoms with van der Waals surface area (Å²) in [4.78, 5) is 9.00. The van der Waals surface area contributed by atoms with Crippen LogP contribution in [0.3, 0.4) is 0 Å². The molecule has 0 aromatic heterocycles. The molecule has 10 heavy (non-hydrogen) atoms. The standard InChI is InChI=1S/C6H14.CH4N2O/c1-3-5-6-4-2;2-1(3)4/h3-6H2,1-2H3;(H4,2,3,4). The van der Waals surface area contributed by atoms with Crippen molar-refractivity contribution in [3.63, 3.8) is 0 Å². The summed E-state index contributed by atoms with van der Waals surface area (Å²) >= 11 is 0. The van der Waals surface area contributed by atoms with Crippen molar-refractivity contribution in [2.75, 3.05) is 0 Å². The van der Waals surface area contributed by atoms with E-state index in [1.54, 1.807) is 0 Å². The average Bonchev–Trinajstić information content (AvgIpc) is 1.82. The van der Waals surface area contributed by atoms with Gasteiger partial charge in [0.2, 0.25) is 0 Å². The molecule has 0 aliphatic rings. The van der Waals surface area contributed by atoms with E-state index in [0.717, 1.165) is 0 Å². The molecule has 2 amide bonds. The Kier molecular flexibility index (Phi) is 13.3. The van der Waals surface area contributed by atoms with Crippen LogP contribution in [0.4, 0.5) is 4.79 Å². The van der Waals surface area contributed by atoms with Gasteiger partial charge in [0.1, 0.15) is 0 Å². The minimum atomic E-state index is -0.833. The van der Waals surface area contributed by atoms with E-state index in [4.69, 9.17) is 4.79 Å². The molecule has 3 heteroatoms. The molecular weight excluding hydrogens is 128 g/mol. The van der Waals surface area contributed by atoms with Crippen molar-refractivity contribution in [2.45, 2.75) is 39.5 Å². The van der Waals surface area contributed by atoms with E-state index in [9.17, 15) is 0 Å². The first kappa shape index (κ1) is 12.0. The number of rotatable bonds is 3. The van der Waals surface area contributed by atoms with Gasteiger partial charge in [0.05, 0.1) is 0 Å². The molecule has 0 bridgehead atoms. The van der Waals surface area contributed by atoms with Gasteiger partial charge in [-0.3, -0.25) is 0 Å². The quantitative estimate of drug-likeness (QED) is 0.583. The largest absolute Gasteiger partial charge is 0.352 e. The number of hydrogen-bond donors (Lipinski definition) is 2. The van der Waals surface area contributed by atoms with E-state index in [1.165, 1.54) is 25.7 Å². The Morgan fingerprint density at radius 1 is 1.10 bits per heavy atom. The summed E-state index contributed by atoms with van der Waals surface area (Å²) in [5.41, 5.74) is 8.50. The summed E-state index contributed by atoms with van der Waals surface area (Å²) in [5, 5.41) is 0. The third-order valence-electron chi connectivity index (χ3n) is 0.957. The lowest BCUT2D eigenvalue weighted by atomic mass is 10.2. The fourth-order valence-corrected chi connectivity index (χ4v) is 0.500. The molecule has 0 heterocycles. The number of nitrogens with two attached hydrogens (primary N) is 2. The number of carbonyl (C=O) groups is 1. The van der Waals surface area contributed by atoms with Crippen molar-refractivity contribution in [3.8, 4) is 0 Å². The highest BCUT2D eigenvalue weighted by Crippen LogP contribution is 1.95. The summed E-state index contributed by atoms with van der Waals surface area (Å²) in [6, 6.07) is -0.833. The second-order valence-electron chi connectivity index (χ2n) is 2.11. The van der Waals surface area contributed by atoms with E-state index < -0.39 is 6.03 Å². The molecule has 0 radical (unpaired) electrons. The van der Waals surface area contributed by atoms with E-state index in [1.807, 2.05) is 0 Å². The Morgan fingerprint density at radius 3 is 1.40 bits per heavy atom. The summed E-state index contributed by atoms with van der Waals surface area (Å²) in [5.74, 6) is 0. The fraction of sp³-hybridized carbons (Fsp3) is 0.857. The number of amides is 2. The molecule has 0 aromatic carbocycles. The molecule has 0 aliphatic heterocycles. The predicted octanol–water partition coefficient (Wildman–Crippen LogP) is 1.61. The molecule has 0 saturated carbocycles. The van der Waals surface area contributed by atoms with Crippen molar-refractivity contribution in [1.82, 2.24) is 0 Å². The van der Waals surface area contributed by atoms with E-state index in [0.29, 0.717) is 0 Å². The zero-order chi connectivity index (χ0) is 8.41. The van der Waals surface area contributed by atoms with Crippen LogP contribution in [0.1, 0.15) is 39.5 Å². The first-order valence-electron chi connectivity index (χ1n) is 3.70. The number of urea groups is 1. The van der Waals surface area contributed by atoms with E-state index in [2.05, 4.69) is 25.3 Å². The predicted molar refractivity (Wildman–Crippen MR) is 43.6 cm³/mol. The summed E-state index contributed by atoms with van der Waals surface area (Å²) in [6.45, 7) is 4.46. The van der Waals surface area contributed by atoms with Crippen molar-refractivity contribution >= 4 is 6.03 Å². The van der Waals surface area contributed by atoms with Crippen molar-refractivity contribution in [2.24, 2.45) is 11.5 Å². The number of unbranched alkanes of at least 4 members (excludes halogenated alkanes) is 3. The maximum absolute atomic E-state index is 9.00. The molecule has 0 rings (SSSR count). The van der Waals surface area contributed by atoms with Crippen molar-refractivity contribution < 1.29 is 4.79 Å². The number of hydrogen-bond acceptors (Lipinski definition) is 1. The minimum absolute atomic E-state index is 0.833. The third kappa shape index (κ3) is 55.5. The van der Waals surface area contributed by atoms with Gasteiger partial charge in [-0.2, -0.15) is 0 Å². The zero-order valence-corrected chi connectivity index (χ0v) is 6.89. The molecule has 0 unspecified atom stereocenters. The first-order valence-corrected chi connectivity index (χ1v) is 3.70. The van der Waals surface area contributed by atoms with Crippen LogP contribution in [-0.2, 0) is 0 Å². The van der Waals surface area contributed by atoms with Gasteiger partial charge in [-0.1, -0.05) is 39.5 Å². The van der Waals surface area contributed by atoms with Crippen LogP contribution >= 0.6 is 0 Å². The normalized spacial score (nSPS) is 7.80. The van der Waals surface area contributed by atoms with Gasteiger partial charge < -0.3 is 11.5 Å². The molecule has 0 aromatic rings. The molecule has 0 spiro atoms. The molecule has 4 N–H and O–H groups in total. The summed E-state index contributed by atoms with van der Waals surface area (Å²) < 4.78 is 0. The summed E-state index contributed by atoms with van der Waals surface area (Å²) in [7, 11) is 0. The van der Waals surface area contributed by atoms with Crippen LogP contribution in [0.25, 0.3) is 0 Å². The molecule has 0 saturated heterocycles. The Balaban J connectivity index is 0. The maximum atomic E-state index is 9.00. The van der Waals surface area contributed by atoms with Crippen molar-refractivity contribution in [3.05, 3.63) is 0 Å². The lowest BCUT2D eigenvalue weighted by Gasteiger charge is -1.86. The van der Waals surface area contributed by atoms with Crippen molar-refractivity contribution in [1.29, 1.82) is 0 Å². The fourth-order valence-electron chi connectivity index (χ4n) is 0.500. The molecule has 0 atom stereocenters. The molecule has 0 aliphatic carbocycles. The summed E-state index contributed by atoms with van der Waals surface area (Å²) in [6.07, 6.45) is 5.54. The van der Waals surface area contributed by atoms with Crippen LogP contribution in [0.5, 0.6) is 0 Å². The minimum Gasteiger partial charge on any atom is -0.352 e. The smallest absolute Gasteiger partial charge is 0.309 e. The van der Waals surface area contributed by atoms with Crippen LogP contribution in [0, 0.1) is 0 Å². The van der Waals surface area contributed by atoms with E-state index >= 15 is 0 Å². The number of carbonyl (C=O) groups excluding carboxylic acids is 1. The van der Waals surface area contributed by atoms with Crippen LogP contribution < -0.4 is 11.5 Å². The highest BCUT2D eigenvalue weighted by Gasteiger charge is 1.75. The molecular formula is C7H18N2O. The SMILES string of the molecule is CCCCCC.NC(N)=O. The highest BCUT2D eigenvalue weighted by molar-refractivity contribution is 5.69. The van der Waals surface area contributed by atoms with Gasteiger partial charge in [-0.15, -0.1) is 0 Å². The van der Waals surface area contributed by atoms with Gasteiger partial charge in [0, 0.05) is 0 Å². The van der Waals surface area contributed by atoms with Gasteiger partial charge >= 0.3 is 6.03 Å². The highest BCUT2D eigenvalue weighted by atomic mass is 16.2. The van der Waals surface area contributed by atoms with Gasteiger partial charge in [0.15, 0.2) is 0 Å². The van der Waals surface area contributed by atoms with Crippen LogP contribution in [0.15, 0.2) is 0 Å². The molecule has 62 valence electrons. The first-order chi connectivity index (χ1) is 4.65. The van der Waals surface area contributed by atoms with E-state index in [-0.39, 0.29) is 0 Å². The topological polar surface area (TPSA) is 69.1 Å².